The van der Waals surface area contributed by atoms with Crippen molar-refractivity contribution in [2.24, 2.45) is 0 Å². The zero-order chi connectivity index (χ0) is 18.4. The molecule has 0 spiro atoms. The van der Waals surface area contributed by atoms with E-state index in [1.165, 1.54) is 5.56 Å². The number of hydrogen-bond acceptors (Lipinski definition) is 2. The highest BCUT2D eigenvalue weighted by molar-refractivity contribution is 6.09. The molecular formula is C23H21NO2. The quantitative estimate of drug-likeness (QED) is 0.631. The SMILES string of the molecule is CCCc1ccc(C(=O)Nc2ccc(C(=O)c3ccccc3)cc2)cc1. The van der Waals surface area contributed by atoms with Crippen LogP contribution in [0.3, 0.4) is 0 Å². The lowest BCUT2D eigenvalue weighted by Gasteiger charge is -2.07. The Morgan fingerprint density at radius 2 is 1.31 bits per heavy atom. The summed E-state index contributed by atoms with van der Waals surface area (Å²) in [5, 5.41) is 2.87. The topological polar surface area (TPSA) is 46.2 Å². The van der Waals surface area contributed by atoms with Crippen molar-refractivity contribution in [3.63, 3.8) is 0 Å². The fraction of sp³-hybridized carbons (Fsp3) is 0.130. The van der Waals surface area contributed by atoms with Gasteiger partial charge in [0.05, 0.1) is 0 Å². The van der Waals surface area contributed by atoms with Crippen molar-refractivity contribution in [1.29, 1.82) is 0 Å². The molecule has 3 heteroatoms. The number of aryl methyl sites for hydroxylation is 1. The lowest BCUT2D eigenvalue weighted by molar-refractivity contribution is 0.102. The lowest BCUT2D eigenvalue weighted by atomic mass is 10.0. The first kappa shape index (κ1) is 17.6. The number of amides is 1. The third-order valence-corrected chi connectivity index (χ3v) is 4.20. The summed E-state index contributed by atoms with van der Waals surface area (Å²) in [5.41, 5.74) is 3.76. The number of carbonyl (C=O) groups excluding carboxylic acids is 2. The molecule has 26 heavy (non-hydrogen) atoms. The first-order valence-corrected chi connectivity index (χ1v) is 8.77. The number of benzene rings is 3. The summed E-state index contributed by atoms with van der Waals surface area (Å²) in [7, 11) is 0. The maximum Gasteiger partial charge on any atom is 0.255 e. The molecule has 0 aliphatic rings. The van der Waals surface area contributed by atoms with E-state index in [2.05, 4.69) is 12.2 Å². The minimum atomic E-state index is -0.157. The number of nitrogens with one attached hydrogen (secondary N) is 1. The lowest BCUT2D eigenvalue weighted by Crippen LogP contribution is -2.12. The van der Waals surface area contributed by atoms with Gasteiger partial charge in [-0.25, -0.2) is 0 Å². The van der Waals surface area contributed by atoms with E-state index >= 15 is 0 Å². The average molecular weight is 343 g/mol. The van der Waals surface area contributed by atoms with Crippen LogP contribution in [-0.2, 0) is 6.42 Å². The van der Waals surface area contributed by atoms with E-state index in [1.54, 1.807) is 36.4 Å². The molecule has 0 atom stereocenters. The number of hydrogen-bond donors (Lipinski definition) is 1. The Labute approximate surface area is 153 Å². The third-order valence-electron chi connectivity index (χ3n) is 4.20. The van der Waals surface area contributed by atoms with Crippen LogP contribution in [0.15, 0.2) is 78.9 Å². The normalized spacial score (nSPS) is 10.3. The standard InChI is InChI=1S/C23H21NO2/c1-2-6-17-9-11-20(12-10-17)23(26)24-21-15-13-19(14-16-21)22(25)18-7-4-3-5-8-18/h3-5,7-16H,2,6H2,1H3,(H,24,26). The van der Waals surface area contributed by atoms with Gasteiger partial charge in [0, 0.05) is 22.4 Å². The van der Waals surface area contributed by atoms with Crippen LogP contribution in [0.2, 0.25) is 0 Å². The molecule has 0 saturated carbocycles. The van der Waals surface area contributed by atoms with Crippen LogP contribution in [-0.4, -0.2) is 11.7 Å². The van der Waals surface area contributed by atoms with Gasteiger partial charge in [-0.15, -0.1) is 0 Å². The third kappa shape index (κ3) is 4.25. The number of carbonyl (C=O) groups is 2. The first-order valence-electron chi connectivity index (χ1n) is 8.77. The van der Waals surface area contributed by atoms with E-state index in [4.69, 9.17) is 0 Å². The van der Waals surface area contributed by atoms with E-state index in [0.717, 1.165) is 12.8 Å². The molecule has 130 valence electrons. The summed E-state index contributed by atoms with van der Waals surface area (Å²) in [5.74, 6) is -0.190. The second-order valence-corrected chi connectivity index (χ2v) is 6.17. The van der Waals surface area contributed by atoms with Crippen LogP contribution < -0.4 is 5.32 Å². The molecule has 3 aromatic rings. The summed E-state index contributed by atoms with van der Waals surface area (Å²) in [6.07, 6.45) is 2.10. The van der Waals surface area contributed by atoms with Gasteiger partial charge >= 0.3 is 0 Å². The molecule has 3 aromatic carbocycles. The Bertz CT molecular complexity index is 882. The predicted molar refractivity (Wildman–Crippen MR) is 105 cm³/mol. The van der Waals surface area contributed by atoms with Crippen molar-refractivity contribution in [3.8, 4) is 0 Å². The fourth-order valence-electron chi connectivity index (χ4n) is 2.78. The molecule has 0 aromatic heterocycles. The summed E-state index contributed by atoms with van der Waals surface area (Å²) < 4.78 is 0. The predicted octanol–water partition coefficient (Wildman–Crippen LogP) is 5.12. The Morgan fingerprint density at radius 1 is 0.731 bits per heavy atom. The minimum absolute atomic E-state index is 0.0324. The molecule has 1 amide bonds. The number of ketones is 1. The minimum Gasteiger partial charge on any atom is -0.322 e. The molecule has 0 radical (unpaired) electrons. The molecule has 0 aliphatic heterocycles. The van der Waals surface area contributed by atoms with Gasteiger partial charge in [-0.05, 0) is 48.4 Å². The van der Waals surface area contributed by atoms with Gasteiger partial charge in [-0.1, -0.05) is 55.8 Å². The summed E-state index contributed by atoms with van der Waals surface area (Å²) >= 11 is 0. The monoisotopic (exact) mass is 343 g/mol. The average Bonchev–Trinajstić information content (AvgIpc) is 2.69. The highest BCUT2D eigenvalue weighted by atomic mass is 16.1. The Hall–Kier alpha value is -3.20. The van der Waals surface area contributed by atoms with Gasteiger partial charge in [0.25, 0.3) is 5.91 Å². The molecule has 3 nitrogen and oxygen atoms in total. The summed E-state index contributed by atoms with van der Waals surface area (Å²) in [6.45, 7) is 2.13. The van der Waals surface area contributed by atoms with Crippen molar-refractivity contribution in [3.05, 3.63) is 101 Å². The van der Waals surface area contributed by atoms with Gasteiger partial charge < -0.3 is 5.32 Å². The maximum absolute atomic E-state index is 12.4. The van der Waals surface area contributed by atoms with Crippen LogP contribution in [0.5, 0.6) is 0 Å². The van der Waals surface area contributed by atoms with Crippen molar-refractivity contribution < 1.29 is 9.59 Å². The molecule has 0 aliphatic carbocycles. The molecule has 1 N–H and O–H groups in total. The van der Waals surface area contributed by atoms with Crippen LogP contribution in [0.4, 0.5) is 5.69 Å². The van der Waals surface area contributed by atoms with E-state index in [9.17, 15) is 9.59 Å². The van der Waals surface area contributed by atoms with E-state index in [1.807, 2.05) is 42.5 Å². The summed E-state index contributed by atoms with van der Waals surface area (Å²) in [6, 6.07) is 23.8. The van der Waals surface area contributed by atoms with Crippen molar-refractivity contribution >= 4 is 17.4 Å². The van der Waals surface area contributed by atoms with Crippen molar-refractivity contribution in [2.75, 3.05) is 5.32 Å². The van der Waals surface area contributed by atoms with Crippen molar-refractivity contribution in [1.82, 2.24) is 0 Å². The second-order valence-electron chi connectivity index (χ2n) is 6.17. The van der Waals surface area contributed by atoms with E-state index < -0.39 is 0 Å². The largest absolute Gasteiger partial charge is 0.322 e. The highest BCUT2D eigenvalue weighted by Crippen LogP contribution is 2.15. The molecule has 0 fully saturated rings. The van der Waals surface area contributed by atoms with Crippen LogP contribution >= 0.6 is 0 Å². The Kier molecular flexibility index (Phi) is 5.59. The molecule has 0 heterocycles. The summed E-state index contributed by atoms with van der Waals surface area (Å²) in [4.78, 5) is 24.7. The highest BCUT2D eigenvalue weighted by Gasteiger charge is 2.10. The molecule has 0 saturated heterocycles. The fourth-order valence-corrected chi connectivity index (χ4v) is 2.78. The molecule has 0 unspecified atom stereocenters. The van der Waals surface area contributed by atoms with Gasteiger partial charge in [-0.3, -0.25) is 9.59 Å². The van der Waals surface area contributed by atoms with E-state index in [0.29, 0.717) is 22.4 Å². The van der Waals surface area contributed by atoms with Gasteiger partial charge in [0.2, 0.25) is 0 Å². The van der Waals surface area contributed by atoms with Crippen LogP contribution in [0.1, 0.15) is 45.2 Å². The smallest absolute Gasteiger partial charge is 0.255 e. The van der Waals surface area contributed by atoms with Gasteiger partial charge in [-0.2, -0.15) is 0 Å². The first-order chi connectivity index (χ1) is 12.7. The van der Waals surface area contributed by atoms with Crippen LogP contribution in [0.25, 0.3) is 0 Å². The molecular weight excluding hydrogens is 322 g/mol. The Balaban J connectivity index is 1.67. The molecule has 3 rings (SSSR count). The van der Waals surface area contributed by atoms with Crippen LogP contribution in [0, 0.1) is 0 Å². The van der Waals surface area contributed by atoms with Crippen molar-refractivity contribution in [2.45, 2.75) is 19.8 Å². The maximum atomic E-state index is 12.4. The van der Waals surface area contributed by atoms with Gasteiger partial charge in [0.1, 0.15) is 0 Å². The second kappa shape index (κ2) is 8.26. The Morgan fingerprint density at radius 3 is 1.92 bits per heavy atom. The van der Waals surface area contributed by atoms with E-state index in [-0.39, 0.29) is 11.7 Å². The number of anilines is 1. The zero-order valence-electron chi connectivity index (χ0n) is 14.7. The zero-order valence-corrected chi connectivity index (χ0v) is 14.7. The number of rotatable bonds is 6. The van der Waals surface area contributed by atoms with Gasteiger partial charge in [0.15, 0.2) is 5.78 Å². The molecule has 0 bridgehead atoms.